The molecule has 0 radical (unpaired) electrons. The van der Waals surface area contributed by atoms with Crippen molar-refractivity contribution in [3.8, 4) is 0 Å². The molecule has 2 aromatic rings. The molecule has 0 unspecified atom stereocenters. The van der Waals surface area contributed by atoms with E-state index in [1.54, 1.807) is 4.68 Å². The Bertz CT molecular complexity index is 1020. The first-order valence-corrected chi connectivity index (χ1v) is 11.6. The van der Waals surface area contributed by atoms with Crippen LogP contribution in [0.2, 0.25) is 0 Å². The number of hydrogen-bond acceptors (Lipinski definition) is 5. The molecule has 1 fully saturated rings. The van der Waals surface area contributed by atoms with Gasteiger partial charge >= 0.3 is 5.97 Å². The number of benzene rings is 1. The Hall–Kier alpha value is -2.74. The van der Waals surface area contributed by atoms with Crippen LogP contribution in [0.4, 0.5) is 4.39 Å². The van der Waals surface area contributed by atoms with Gasteiger partial charge in [-0.05, 0) is 55.9 Å². The quantitative estimate of drug-likeness (QED) is 0.671. The molecule has 0 saturated carbocycles. The molecular weight excluding hydrogens is 425 g/mol. The molecule has 1 saturated heterocycles. The Labute approximate surface area is 193 Å². The molecule has 1 N–H and O–H groups in total. The van der Waals surface area contributed by atoms with E-state index in [0.29, 0.717) is 44.0 Å². The highest BCUT2D eigenvalue weighted by Gasteiger charge is 2.40. The number of aromatic nitrogens is 2. The van der Waals surface area contributed by atoms with Crippen LogP contribution in [0, 0.1) is 16.6 Å². The highest BCUT2D eigenvalue weighted by molar-refractivity contribution is 5.95. The van der Waals surface area contributed by atoms with Crippen molar-refractivity contribution in [3.63, 3.8) is 0 Å². The van der Waals surface area contributed by atoms with Crippen molar-refractivity contribution in [1.82, 2.24) is 15.1 Å². The Morgan fingerprint density at radius 3 is 2.64 bits per heavy atom. The lowest BCUT2D eigenvalue weighted by Gasteiger charge is -2.36. The van der Waals surface area contributed by atoms with Gasteiger partial charge in [0.25, 0.3) is 5.91 Å². The maximum Gasteiger partial charge on any atom is 0.338 e. The van der Waals surface area contributed by atoms with Crippen LogP contribution >= 0.6 is 0 Å². The van der Waals surface area contributed by atoms with Gasteiger partial charge in [-0.2, -0.15) is 5.10 Å². The summed E-state index contributed by atoms with van der Waals surface area (Å²) < 4.78 is 26.1. The number of nitrogens with one attached hydrogen (secondary N) is 1. The van der Waals surface area contributed by atoms with Crippen LogP contribution in [0.3, 0.4) is 0 Å². The summed E-state index contributed by atoms with van der Waals surface area (Å²) >= 11 is 0. The Balaban J connectivity index is 1.54. The van der Waals surface area contributed by atoms with Crippen LogP contribution in [-0.4, -0.2) is 48.0 Å². The number of aryl methyl sites for hydroxylation is 1. The van der Waals surface area contributed by atoms with Crippen molar-refractivity contribution in [2.24, 2.45) is 10.8 Å². The number of nitrogens with zero attached hydrogens (tertiary/aromatic N) is 2. The molecule has 33 heavy (non-hydrogen) atoms. The topological polar surface area (TPSA) is 82.5 Å². The standard InChI is InChI=1S/C25H32FN3O4/c1-4-29-21-19(13-25(15-27-22(21)30)9-11-32-12-10-25)20(28-29)14-24(2,3)16-33-23(31)17-5-7-18(26)8-6-17/h5-8H,4,9-16H2,1-3H3,(H,27,30). The predicted octanol–water partition coefficient (Wildman–Crippen LogP) is 3.55. The largest absolute Gasteiger partial charge is 0.462 e. The second kappa shape index (κ2) is 9.25. The van der Waals surface area contributed by atoms with E-state index in [1.807, 2.05) is 20.8 Å². The minimum Gasteiger partial charge on any atom is -0.462 e. The van der Waals surface area contributed by atoms with E-state index in [0.717, 1.165) is 30.5 Å². The van der Waals surface area contributed by atoms with Gasteiger partial charge in [0.05, 0.1) is 17.9 Å². The lowest BCUT2D eigenvalue weighted by molar-refractivity contribution is 0.0159. The number of carbonyl (C=O) groups excluding carboxylic acids is 2. The molecule has 2 aliphatic heterocycles. The number of esters is 1. The zero-order valence-corrected chi connectivity index (χ0v) is 19.6. The number of ether oxygens (including phenoxy) is 2. The second-order valence-corrected chi connectivity index (χ2v) is 9.99. The molecule has 1 amide bonds. The number of amides is 1. The van der Waals surface area contributed by atoms with Crippen LogP contribution in [0.25, 0.3) is 0 Å². The molecule has 8 heteroatoms. The molecule has 4 rings (SSSR count). The molecule has 3 heterocycles. The third-order valence-corrected chi connectivity index (χ3v) is 6.70. The lowest BCUT2D eigenvalue weighted by Crippen LogP contribution is -2.40. The Kier molecular flexibility index (Phi) is 6.56. The molecule has 1 aromatic heterocycles. The van der Waals surface area contributed by atoms with E-state index in [1.165, 1.54) is 24.3 Å². The van der Waals surface area contributed by atoms with Crippen molar-refractivity contribution in [1.29, 1.82) is 0 Å². The maximum atomic E-state index is 13.1. The van der Waals surface area contributed by atoms with Gasteiger partial charge in [0.15, 0.2) is 0 Å². The summed E-state index contributed by atoms with van der Waals surface area (Å²) in [4.78, 5) is 25.4. The van der Waals surface area contributed by atoms with Crippen LogP contribution in [0.5, 0.6) is 0 Å². The fraction of sp³-hybridized carbons (Fsp3) is 0.560. The smallest absolute Gasteiger partial charge is 0.338 e. The first kappa shape index (κ1) is 23.4. The summed E-state index contributed by atoms with van der Waals surface area (Å²) in [5, 5.41) is 7.93. The fourth-order valence-corrected chi connectivity index (χ4v) is 4.74. The van der Waals surface area contributed by atoms with Gasteiger partial charge in [-0.3, -0.25) is 9.48 Å². The van der Waals surface area contributed by atoms with Crippen LogP contribution in [-0.2, 0) is 28.9 Å². The van der Waals surface area contributed by atoms with E-state index in [9.17, 15) is 14.0 Å². The molecule has 1 spiro atoms. The normalized spacial score (nSPS) is 17.9. The minimum absolute atomic E-state index is 0.0191. The summed E-state index contributed by atoms with van der Waals surface area (Å²) in [7, 11) is 0. The highest BCUT2D eigenvalue weighted by atomic mass is 19.1. The summed E-state index contributed by atoms with van der Waals surface area (Å²) in [5.74, 6) is -0.957. The highest BCUT2D eigenvalue weighted by Crippen LogP contribution is 2.38. The van der Waals surface area contributed by atoms with Crippen LogP contribution in [0.15, 0.2) is 24.3 Å². The van der Waals surface area contributed by atoms with Gasteiger partial charge in [-0.15, -0.1) is 0 Å². The van der Waals surface area contributed by atoms with Crippen molar-refractivity contribution in [2.75, 3.05) is 26.4 Å². The van der Waals surface area contributed by atoms with E-state index in [2.05, 4.69) is 5.32 Å². The summed E-state index contributed by atoms with van der Waals surface area (Å²) in [6.07, 6.45) is 3.16. The van der Waals surface area contributed by atoms with Gasteiger partial charge < -0.3 is 14.8 Å². The van der Waals surface area contributed by atoms with Gasteiger partial charge in [-0.1, -0.05) is 13.8 Å². The van der Waals surface area contributed by atoms with Crippen molar-refractivity contribution in [3.05, 3.63) is 52.6 Å². The van der Waals surface area contributed by atoms with Crippen LogP contribution in [0.1, 0.15) is 65.7 Å². The Morgan fingerprint density at radius 2 is 1.97 bits per heavy atom. The number of rotatable bonds is 6. The third-order valence-electron chi connectivity index (χ3n) is 6.70. The monoisotopic (exact) mass is 457 g/mol. The number of halogens is 1. The van der Waals surface area contributed by atoms with Gasteiger partial charge in [0.1, 0.15) is 11.5 Å². The van der Waals surface area contributed by atoms with Crippen molar-refractivity contribution < 1.29 is 23.5 Å². The molecule has 2 aliphatic rings. The summed E-state index contributed by atoms with van der Waals surface area (Å²) in [5.41, 5.74) is 2.44. The zero-order chi connectivity index (χ0) is 23.6. The fourth-order valence-electron chi connectivity index (χ4n) is 4.74. The number of carbonyl (C=O) groups is 2. The molecular formula is C25H32FN3O4. The predicted molar refractivity (Wildman–Crippen MR) is 121 cm³/mol. The number of hydrogen-bond donors (Lipinski definition) is 1. The van der Waals surface area contributed by atoms with Crippen LogP contribution < -0.4 is 5.32 Å². The van der Waals surface area contributed by atoms with Gasteiger partial charge in [-0.25, -0.2) is 9.18 Å². The summed E-state index contributed by atoms with van der Waals surface area (Å²) in [6, 6.07) is 5.32. The number of fused-ring (bicyclic) bond motifs is 1. The van der Waals surface area contributed by atoms with Crippen molar-refractivity contribution in [2.45, 2.75) is 53.0 Å². The molecule has 0 aliphatic carbocycles. The SMILES string of the molecule is CCn1nc(CC(C)(C)COC(=O)c2ccc(F)cc2)c2c1C(=O)NCC1(CCOCC1)C2. The average molecular weight is 458 g/mol. The lowest BCUT2D eigenvalue weighted by atomic mass is 9.74. The first-order valence-electron chi connectivity index (χ1n) is 11.6. The van der Waals surface area contributed by atoms with E-state index < -0.39 is 17.2 Å². The minimum atomic E-state index is -0.485. The van der Waals surface area contributed by atoms with E-state index in [4.69, 9.17) is 14.6 Å². The first-order chi connectivity index (χ1) is 15.7. The zero-order valence-electron chi connectivity index (χ0n) is 19.6. The van der Waals surface area contributed by atoms with E-state index >= 15 is 0 Å². The van der Waals surface area contributed by atoms with Gasteiger partial charge in [0, 0.05) is 43.7 Å². The van der Waals surface area contributed by atoms with Gasteiger partial charge in [0.2, 0.25) is 0 Å². The second-order valence-electron chi connectivity index (χ2n) is 9.99. The third kappa shape index (κ3) is 5.11. The maximum absolute atomic E-state index is 13.1. The Morgan fingerprint density at radius 1 is 1.27 bits per heavy atom. The molecule has 7 nitrogen and oxygen atoms in total. The molecule has 0 bridgehead atoms. The average Bonchev–Trinajstić information content (AvgIpc) is 3.05. The molecule has 178 valence electrons. The molecule has 1 aromatic carbocycles. The van der Waals surface area contributed by atoms with Crippen molar-refractivity contribution >= 4 is 11.9 Å². The van der Waals surface area contributed by atoms with E-state index in [-0.39, 0.29) is 17.9 Å². The molecule has 0 atom stereocenters. The summed E-state index contributed by atoms with van der Waals surface area (Å²) in [6.45, 7) is 8.85.